The molecule has 0 spiro atoms. The highest BCUT2D eigenvalue weighted by molar-refractivity contribution is 5.83. The molecule has 2 aromatic carbocycles. The largest absolute Gasteiger partial charge is 0.502 e. The van der Waals surface area contributed by atoms with Crippen molar-refractivity contribution in [3.63, 3.8) is 0 Å². The molecule has 3 rings (SSSR count). The number of nitrogens with zero attached hydrogens (tertiary/aromatic N) is 1. The monoisotopic (exact) mass is 487 g/mol. The van der Waals surface area contributed by atoms with Crippen LogP contribution in [0.3, 0.4) is 0 Å². The fourth-order valence-electron chi connectivity index (χ4n) is 4.60. The Morgan fingerprint density at radius 3 is 2.34 bits per heavy atom. The minimum Gasteiger partial charge on any atom is -0.502 e. The maximum absolute atomic E-state index is 12.1. The standard InChI is InChI=1S/C26H34N2O7/c1-15(29)27-19-10-8-16-12-22(31-3)25(34-6)26(35-7)24(16)17-9-11-20(21(30)13-18(17)19)28(2)14-23(32-4)33-5/h9,11-13,19,23H,8,10,14H2,1-7H3,(H,27,29)/p+1/t19-/m1/s1. The zero-order valence-corrected chi connectivity index (χ0v) is 21.4. The Hall–Kier alpha value is -3.30. The van der Waals surface area contributed by atoms with Crippen LogP contribution in [-0.4, -0.2) is 66.4 Å². The third-order valence-corrected chi connectivity index (χ3v) is 6.27. The van der Waals surface area contributed by atoms with E-state index in [-0.39, 0.29) is 17.7 Å². The van der Waals surface area contributed by atoms with Crippen molar-refractivity contribution in [2.24, 2.45) is 0 Å². The van der Waals surface area contributed by atoms with E-state index in [2.05, 4.69) is 5.32 Å². The van der Waals surface area contributed by atoms with Crippen molar-refractivity contribution in [2.75, 3.05) is 49.1 Å². The molecular formula is C26H35N2O7+. The van der Waals surface area contributed by atoms with E-state index in [1.54, 1.807) is 41.6 Å². The van der Waals surface area contributed by atoms with Gasteiger partial charge in [0.2, 0.25) is 23.3 Å². The third-order valence-electron chi connectivity index (χ3n) is 6.27. The zero-order chi connectivity index (χ0) is 25.7. The van der Waals surface area contributed by atoms with Crippen LogP contribution in [0.5, 0.6) is 23.0 Å². The number of carbonyl (C=O) groups excluding carboxylic acids is 1. The molecule has 0 aliphatic heterocycles. The molecule has 1 amide bonds. The van der Waals surface area contributed by atoms with Crippen LogP contribution in [0.15, 0.2) is 24.3 Å². The van der Waals surface area contributed by atoms with E-state index < -0.39 is 6.29 Å². The zero-order valence-electron chi connectivity index (χ0n) is 21.4. The van der Waals surface area contributed by atoms with Gasteiger partial charge in [-0.05, 0) is 47.7 Å². The van der Waals surface area contributed by atoms with Crippen molar-refractivity contribution in [1.29, 1.82) is 0 Å². The number of hydrogen-bond acceptors (Lipinski definition) is 7. The molecule has 0 saturated heterocycles. The minimum absolute atomic E-state index is 0.0675. The molecule has 0 radical (unpaired) electrons. The van der Waals surface area contributed by atoms with Crippen molar-refractivity contribution in [2.45, 2.75) is 32.1 Å². The van der Waals surface area contributed by atoms with Crippen LogP contribution in [-0.2, 0) is 20.7 Å². The van der Waals surface area contributed by atoms with E-state index in [0.29, 0.717) is 42.0 Å². The Labute approximate surface area is 205 Å². The summed E-state index contributed by atoms with van der Waals surface area (Å²) in [5, 5.41) is 14.8. The number of hydrogen-bond donors (Lipinski definition) is 2. The number of ether oxygens (including phenoxy) is 5. The second-order valence-corrected chi connectivity index (χ2v) is 8.37. The van der Waals surface area contributed by atoms with Gasteiger partial charge >= 0.3 is 0 Å². The molecule has 9 heteroatoms. The molecule has 1 atom stereocenters. The van der Waals surface area contributed by atoms with Crippen LogP contribution in [0.2, 0.25) is 0 Å². The van der Waals surface area contributed by atoms with Crippen molar-refractivity contribution in [3.8, 4) is 34.1 Å². The van der Waals surface area contributed by atoms with Gasteiger partial charge in [0, 0.05) is 32.8 Å². The van der Waals surface area contributed by atoms with Crippen LogP contribution >= 0.6 is 0 Å². The number of likely N-dealkylation sites (N-methyl/N-ethyl adjacent to an activating group) is 1. The molecule has 0 fully saturated rings. The lowest BCUT2D eigenvalue weighted by molar-refractivity contribution is -0.119. The van der Waals surface area contributed by atoms with Crippen molar-refractivity contribution < 1.29 is 33.6 Å². The Balaban J connectivity index is 2.38. The highest BCUT2D eigenvalue weighted by Gasteiger charge is 2.29. The number of amides is 1. The highest BCUT2D eigenvalue weighted by atomic mass is 16.7. The quantitative estimate of drug-likeness (QED) is 0.435. The molecule has 0 saturated carbocycles. The third kappa shape index (κ3) is 5.36. The van der Waals surface area contributed by atoms with E-state index in [4.69, 9.17) is 23.7 Å². The number of aryl methyl sites for hydroxylation is 1. The average molecular weight is 488 g/mol. The summed E-state index contributed by atoms with van der Waals surface area (Å²) in [6, 6.07) is 7.11. The predicted molar refractivity (Wildman–Crippen MR) is 132 cm³/mol. The van der Waals surface area contributed by atoms with Crippen LogP contribution in [0.25, 0.3) is 11.1 Å². The van der Waals surface area contributed by atoms with Gasteiger partial charge in [-0.2, -0.15) is 0 Å². The smallest absolute Gasteiger partial charge is 0.242 e. The predicted octanol–water partition coefficient (Wildman–Crippen LogP) is 2.23. The van der Waals surface area contributed by atoms with E-state index >= 15 is 0 Å². The summed E-state index contributed by atoms with van der Waals surface area (Å²) < 4.78 is 29.5. The average Bonchev–Trinajstić information content (AvgIpc) is 3.09. The van der Waals surface area contributed by atoms with Crippen molar-refractivity contribution in [1.82, 2.24) is 9.89 Å². The fourth-order valence-corrected chi connectivity index (χ4v) is 4.60. The Bertz CT molecular complexity index is 1160. The van der Waals surface area contributed by atoms with Gasteiger partial charge in [-0.25, -0.2) is 4.58 Å². The van der Waals surface area contributed by atoms with Gasteiger partial charge in [0.05, 0.1) is 27.4 Å². The first-order valence-electron chi connectivity index (χ1n) is 11.4. The molecule has 0 heterocycles. The molecule has 2 aromatic rings. The fraction of sp³-hybridized carbons (Fsp3) is 0.462. The lowest BCUT2D eigenvalue weighted by atomic mass is 9.95. The maximum Gasteiger partial charge on any atom is 0.242 e. The Morgan fingerprint density at radius 2 is 1.77 bits per heavy atom. The van der Waals surface area contributed by atoms with Gasteiger partial charge in [-0.3, -0.25) is 4.79 Å². The lowest BCUT2D eigenvalue weighted by Crippen LogP contribution is -2.35. The normalized spacial score (nSPS) is 15.5. The second kappa shape index (κ2) is 11.4. The first-order valence-corrected chi connectivity index (χ1v) is 11.4. The molecular weight excluding hydrogens is 452 g/mol. The number of rotatable bonds is 8. The number of aromatic hydroxyl groups is 1. The molecule has 0 unspecified atom stereocenters. The summed E-state index contributed by atoms with van der Waals surface area (Å²) in [4.78, 5) is 12.1. The van der Waals surface area contributed by atoms with E-state index in [1.165, 1.54) is 6.92 Å². The number of fused-ring (bicyclic) bond motifs is 3. The first kappa shape index (κ1) is 26.3. The first-order chi connectivity index (χ1) is 16.8. The Morgan fingerprint density at radius 1 is 1.09 bits per heavy atom. The van der Waals surface area contributed by atoms with Crippen LogP contribution in [0, 0.1) is 0 Å². The summed E-state index contributed by atoms with van der Waals surface area (Å²) in [7, 11) is 9.72. The van der Waals surface area contributed by atoms with Crippen LogP contribution in [0.1, 0.15) is 30.5 Å². The SMILES string of the molecule is COc1cc2c(c(OC)c1OC)-c1ccc(=[N+](C)CC(OC)OC)c(O)cc1[C@H](NC(C)=O)CC2. The molecule has 1 aliphatic rings. The molecule has 1 aliphatic carbocycles. The van der Waals surface area contributed by atoms with Gasteiger partial charge in [-0.15, -0.1) is 0 Å². The summed E-state index contributed by atoms with van der Waals surface area (Å²) in [5.74, 6) is 1.49. The lowest BCUT2D eigenvalue weighted by Gasteiger charge is -2.19. The molecule has 9 nitrogen and oxygen atoms in total. The van der Waals surface area contributed by atoms with Crippen LogP contribution < -0.4 is 29.5 Å². The number of benzene rings is 1. The maximum atomic E-state index is 12.1. The molecule has 190 valence electrons. The van der Waals surface area contributed by atoms with E-state index in [1.807, 2.05) is 29.8 Å². The summed E-state index contributed by atoms with van der Waals surface area (Å²) >= 11 is 0. The summed E-state index contributed by atoms with van der Waals surface area (Å²) in [6.45, 7) is 1.89. The highest BCUT2D eigenvalue weighted by Crippen LogP contribution is 2.50. The molecule has 35 heavy (non-hydrogen) atoms. The Kier molecular flexibility index (Phi) is 8.58. The number of carbonyl (C=O) groups is 1. The van der Waals surface area contributed by atoms with Gasteiger partial charge in [0.1, 0.15) is 7.05 Å². The van der Waals surface area contributed by atoms with Gasteiger partial charge in [0.25, 0.3) is 0 Å². The van der Waals surface area contributed by atoms with E-state index in [9.17, 15) is 9.90 Å². The number of methoxy groups -OCH3 is 5. The van der Waals surface area contributed by atoms with Gasteiger partial charge < -0.3 is 34.1 Å². The summed E-state index contributed by atoms with van der Waals surface area (Å²) in [5.41, 5.74) is 3.42. The van der Waals surface area contributed by atoms with Crippen LogP contribution in [0.4, 0.5) is 0 Å². The van der Waals surface area contributed by atoms with Crippen molar-refractivity contribution in [3.05, 3.63) is 40.7 Å². The summed E-state index contributed by atoms with van der Waals surface area (Å²) in [6.07, 6.45) is 0.821. The molecule has 0 aromatic heterocycles. The second-order valence-electron chi connectivity index (χ2n) is 8.37. The number of nitrogens with one attached hydrogen (secondary N) is 1. The molecule has 2 N–H and O–H groups in total. The van der Waals surface area contributed by atoms with Crippen molar-refractivity contribution >= 4 is 5.91 Å². The minimum atomic E-state index is -0.465. The topological polar surface area (TPSA) is 98.5 Å². The van der Waals surface area contributed by atoms with E-state index in [0.717, 1.165) is 22.3 Å². The van der Waals surface area contributed by atoms with Gasteiger partial charge in [-0.1, -0.05) is 0 Å². The molecule has 0 bridgehead atoms. The van der Waals surface area contributed by atoms with Gasteiger partial charge in [0.15, 0.2) is 23.8 Å².